The van der Waals surface area contributed by atoms with Gasteiger partial charge in [0.15, 0.2) is 0 Å². The monoisotopic (exact) mass is 521 g/mol. The third-order valence-corrected chi connectivity index (χ3v) is 6.72. The summed E-state index contributed by atoms with van der Waals surface area (Å²) in [7, 11) is 0. The number of hydrogen-bond acceptors (Lipinski definition) is 6. The van der Waals surface area contributed by atoms with Gasteiger partial charge in [0.2, 0.25) is 5.91 Å². The van der Waals surface area contributed by atoms with Crippen LogP contribution in [-0.4, -0.2) is 57.8 Å². The molecule has 1 aromatic carbocycles. The SMILES string of the molecule is CC1(C)C(=O)N(c2ccc(C(F)(F)F)cc2S)C(=O)N1Cc1ccnc(NC(=O)CN2CCCC2)c1. The summed E-state index contributed by atoms with van der Waals surface area (Å²) in [5, 5.41) is 2.76. The lowest BCUT2D eigenvalue weighted by molar-refractivity contribution is -0.137. The van der Waals surface area contributed by atoms with Crippen LogP contribution in [0.2, 0.25) is 0 Å². The fourth-order valence-electron chi connectivity index (χ4n) is 4.35. The van der Waals surface area contributed by atoms with Gasteiger partial charge in [-0.05, 0) is 75.7 Å². The van der Waals surface area contributed by atoms with E-state index < -0.39 is 29.2 Å². The van der Waals surface area contributed by atoms with Crippen LogP contribution in [0.1, 0.15) is 37.8 Å². The molecule has 0 bridgehead atoms. The van der Waals surface area contributed by atoms with Crippen LogP contribution in [0, 0.1) is 0 Å². The predicted octanol–water partition coefficient (Wildman–Crippen LogP) is 4.17. The molecule has 4 amide bonds. The third kappa shape index (κ3) is 5.19. The van der Waals surface area contributed by atoms with Gasteiger partial charge >= 0.3 is 12.2 Å². The molecule has 2 aliphatic heterocycles. The first-order chi connectivity index (χ1) is 16.9. The molecule has 2 saturated heterocycles. The lowest BCUT2D eigenvalue weighted by atomic mass is 10.0. The van der Waals surface area contributed by atoms with E-state index in [2.05, 4.69) is 27.8 Å². The van der Waals surface area contributed by atoms with Crippen molar-refractivity contribution in [1.82, 2.24) is 14.8 Å². The Hall–Kier alpha value is -3.12. The van der Waals surface area contributed by atoms with E-state index in [1.165, 1.54) is 11.1 Å². The quantitative estimate of drug-likeness (QED) is 0.440. The first-order valence-corrected chi connectivity index (χ1v) is 11.9. The molecular weight excluding hydrogens is 495 g/mol. The summed E-state index contributed by atoms with van der Waals surface area (Å²) < 4.78 is 39.1. The number of likely N-dealkylation sites (tertiary alicyclic amines) is 1. The minimum atomic E-state index is -4.58. The second-order valence-electron chi connectivity index (χ2n) is 9.35. The van der Waals surface area contributed by atoms with E-state index in [1.54, 1.807) is 26.0 Å². The Balaban J connectivity index is 1.52. The zero-order valence-electron chi connectivity index (χ0n) is 19.8. The predicted molar refractivity (Wildman–Crippen MR) is 130 cm³/mol. The molecule has 0 aliphatic carbocycles. The molecule has 4 rings (SSSR count). The number of urea groups is 1. The number of hydrogen-bond donors (Lipinski definition) is 2. The van der Waals surface area contributed by atoms with Gasteiger partial charge in [0.25, 0.3) is 5.91 Å². The Morgan fingerprint density at radius 1 is 1.14 bits per heavy atom. The van der Waals surface area contributed by atoms with Crippen LogP contribution < -0.4 is 10.2 Å². The largest absolute Gasteiger partial charge is 0.416 e. The van der Waals surface area contributed by atoms with Gasteiger partial charge in [-0.15, -0.1) is 12.6 Å². The standard InChI is InChI=1S/C24H26F3N5O3S/c1-23(2)21(34)32(17-6-5-16(12-18(17)36)24(25,26)27)22(35)31(23)13-15-7-8-28-19(11-15)29-20(33)14-30-9-3-4-10-30/h5-8,11-12,36H,3-4,9-10,13-14H2,1-2H3,(H,28,29,33). The number of halogens is 3. The molecule has 0 unspecified atom stereocenters. The van der Waals surface area contributed by atoms with E-state index in [-0.39, 0.29) is 29.6 Å². The van der Waals surface area contributed by atoms with Crippen molar-refractivity contribution < 1.29 is 27.6 Å². The highest BCUT2D eigenvalue weighted by molar-refractivity contribution is 7.80. The Morgan fingerprint density at radius 3 is 2.47 bits per heavy atom. The summed E-state index contributed by atoms with van der Waals surface area (Å²) in [6, 6.07) is 5.27. The van der Waals surface area contributed by atoms with Crippen LogP contribution in [0.4, 0.5) is 29.5 Å². The van der Waals surface area contributed by atoms with E-state index in [1.807, 2.05) is 0 Å². The average molecular weight is 522 g/mol. The maximum Gasteiger partial charge on any atom is 0.416 e. The summed E-state index contributed by atoms with van der Waals surface area (Å²) in [6.45, 7) is 5.18. The van der Waals surface area contributed by atoms with Gasteiger partial charge in [-0.25, -0.2) is 14.7 Å². The van der Waals surface area contributed by atoms with Crippen LogP contribution in [-0.2, 0) is 22.3 Å². The molecule has 1 aromatic heterocycles. The highest BCUT2D eigenvalue weighted by atomic mass is 32.1. The lowest BCUT2D eigenvalue weighted by Gasteiger charge is -2.27. The van der Waals surface area contributed by atoms with E-state index >= 15 is 0 Å². The molecule has 2 aliphatic rings. The summed E-state index contributed by atoms with van der Waals surface area (Å²) in [6.07, 6.45) is -0.950. The van der Waals surface area contributed by atoms with Gasteiger partial charge in [-0.2, -0.15) is 13.2 Å². The normalized spacial score (nSPS) is 18.3. The Kier molecular flexibility index (Phi) is 7.02. The second kappa shape index (κ2) is 9.74. The van der Waals surface area contributed by atoms with E-state index in [4.69, 9.17) is 0 Å². The number of nitrogens with zero attached hydrogens (tertiary/aromatic N) is 4. The Bertz CT molecular complexity index is 1200. The highest BCUT2D eigenvalue weighted by Gasteiger charge is 2.52. The second-order valence-corrected chi connectivity index (χ2v) is 9.83. The number of anilines is 2. The minimum Gasteiger partial charge on any atom is -0.310 e. The number of imide groups is 1. The molecule has 8 nitrogen and oxygen atoms in total. The summed E-state index contributed by atoms with van der Waals surface area (Å²) in [5.41, 5.74) is -1.61. The fraction of sp³-hybridized carbons (Fsp3) is 0.417. The van der Waals surface area contributed by atoms with Crippen LogP contribution >= 0.6 is 12.6 Å². The number of nitrogens with one attached hydrogen (secondary N) is 1. The van der Waals surface area contributed by atoms with Gasteiger partial charge in [0.05, 0.1) is 17.8 Å². The van der Waals surface area contributed by atoms with E-state index in [0.717, 1.165) is 49.0 Å². The molecule has 12 heteroatoms. The van der Waals surface area contributed by atoms with Crippen LogP contribution in [0.15, 0.2) is 41.4 Å². The van der Waals surface area contributed by atoms with Crippen molar-refractivity contribution >= 4 is 42.0 Å². The molecule has 3 heterocycles. The Labute approximate surface area is 211 Å². The van der Waals surface area contributed by atoms with E-state index in [0.29, 0.717) is 11.4 Å². The first-order valence-electron chi connectivity index (χ1n) is 11.4. The number of alkyl halides is 3. The topological polar surface area (TPSA) is 85.9 Å². The van der Waals surface area contributed by atoms with Crippen molar-refractivity contribution in [1.29, 1.82) is 0 Å². The molecule has 2 aromatic rings. The zero-order chi connectivity index (χ0) is 26.3. The van der Waals surface area contributed by atoms with Gasteiger partial charge in [-0.1, -0.05) is 0 Å². The van der Waals surface area contributed by atoms with Gasteiger partial charge < -0.3 is 10.2 Å². The molecule has 0 spiro atoms. The molecule has 0 radical (unpaired) electrons. The molecule has 0 atom stereocenters. The van der Waals surface area contributed by atoms with Crippen LogP contribution in [0.3, 0.4) is 0 Å². The number of carbonyl (C=O) groups is 3. The lowest BCUT2D eigenvalue weighted by Crippen LogP contribution is -2.43. The van der Waals surface area contributed by atoms with E-state index in [9.17, 15) is 27.6 Å². The summed E-state index contributed by atoms with van der Waals surface area (Å²) >= 11 is 4.11. The molecule has 1 N–H and O–H groups in total. The Morgan fingerprint density at radius 2 is 1.83 bits per heavy atom. The molecule has 2 fully saturated rings. The molecule has 192 valence electrons. The number of amides is 4. The number of benzene rings is 1. The number of aromatic nitrogens is 1. The van der Waals surface area contributed by atoms with Gasteiger partial charge in [0, 0.05) is 17.6 Å². The minimum absolute atomic E-state index is 0.0220. The van der Waals surface area contributed by atoms with Crippen molar-refractivity contribution in [2.24, 2.45) is 0 Å². The van der Waals surface area contributed by atoms with Crippen molar-refractivity contribution in [2.75, 3.05) is 29.9 Å². The smallest absolute Gasteiger partial charge is 0.310 e. The number of thiol groups is 1. The van der Waals surface area contributed by atoms with Gasteiger partial charge in [-0.3, -0.25) is 14.5 Å². The van der Waals surface area contributed by atoms with Crippen LogP contribution in [0.5, 0.6) is 0 Å². The van der Waals surface area contributed by atoms with Crippen molar-refractivity contribution in [3.8, 4) is 0 Å². The average Bonchev–Trinajstić information content (AvgIpc) is 3.35. The van der Waals surface area contributed by atoms with Crippen molar-refractivity contribution in [3.63, 3.8) is 0 Å². The summed E-state index contributed by atoms with van der Waals surface area (Å²) in [5.74, 6) is -0.454. The maximum atomic E-state index is 13.3. The third-order valence-electron chi connectivity index (χ3n) is 6.37. The van der Waals surface area contributed by atoms with Crippen molar-refractivity contribution in [3.05, 3.63) is 47.7 Å². The first kappa shape index (κ1) is 26.0. The number of pyridine rings is 1. The molecule has 36 heavy (non-hydrogen) atoms. The zero-order valence-corrected chi connectivity index (χ0v) is 20.7. The number of rotatable bonds is 6. The highest BCUT2D eigenvalue weighted by Crippen LogP contribution is 2.39. The van der Waals surface area contributed by atoms with Crippen molar-refractivity contribution in [2.45, 2.75) is 49.8 Å². The van der Waals surface area contributed by atoms with Crippen LogP contribution in [0.25, 0.3) is 0 Å². The molecule has 0 saturated carbocycles. The van der Waals surface area contributed by atoms with Gasteiger partial charge in [0.1, 0.15) is 11.4 Å². The molecular formula is C24H26F3N5O3S. The number of carbonyl (C=O) groups excluding carboxylic acids is 3. The fourth-order valence-corrected chi connectivity index (χ4v) is 4.67. The maximum absolute atomic E-state index is 13.3. The summed E-state index contributed by atoms with van der Waals surface area (Å²) in [4.78, 5) is 47.1.